The number of rotatable bonds is 5. The number of nitrogens with zero attached hydrogens (tertiary/aromatic N) is 1. The number of methoxy groups -OCH3 is 2. The molecule has 1 aromatic heterocycles. The lowest BCUT2D eigenvalue weighted by Gasteiger charge is -2.12. The first-order valence-corrected chi connectivity index (χ1v) is 6.83. The van der Waals surface area contributed by atoms with Crippen LogP contribution in [-0.2, 0) is 0 Å². The Kier molecular flexibility index (Phi) is 4.19. The topological polar surface area (TPSA) is 81.8 Å². The summed E-state index contributed by atoms with van der Waals surface area (Å²) < 4.78 is 15.6. The highest BCUT2D eigenvalue weighted by atomic mass is 32.2. The molecule has 0 aliphatic heterocycles. The molecule has 0 unspecified atom stereocenters. The molecule has 0 spiro atoms. The number of ether oxygens (including phenoxy) is 2. The van der Waals surface area contributed by atoms with E-state index < -0.39 is 5.97 Å². The molecule has 106 valence electrons. The molecule has 2 rings (SSSR count). The van der Waals surface area contributed by atoms with Crippen LogP contribution in [0.25, 0.3) is 11.3 Å². The van der Waals surface area contributed by atoms with Gasteiger partial charge in [-0.1, -0.05) is 5.16 Å². The van der Waals surface area contributed by atoms with Gasteiger partial charge in [-0.15, -0.1) is 11.8 Å². The second kappa shape index (κ2) is 5.87. The van der Waals surface area contributed by atoms with E-state index >= 15 is 0 Å². The summed E-state index contributed by atoms with van der Waals surface area (Å²) >= 11 is 1.49. The van der Waals surface area contributed by atoms with Crippen molar-refractivity contribution in [3.05, 3.63) is 23.9 Å². The molecule has 0 aliphatic carbocycles. The van der Waals surface area contributed by atoms with E-state index in [-0.39, 0.29) is 5.69 Å². The largest absolute Gasteiger partial charge is 0.493 e. The van der Waals surface area contributed by atoms with Crippen molar-refractivity contribution in [3.63, 3.8) is 0 Å². The Labute approximate surface area is 119 Å². The Morgan fingerprint density at radius 1 is 1.30 bits per heavy atom. The second-order valence-electron chi connectivity index (χ2n) is 3.80. The van der Waals surface area contributed by atoms with Crippen LogP contribution in [0.5, 0.6) is 11.5 Å². The number of carbonyl (C=O) groups is 1. The maximum Gasteiger partial charge on any atom is 0.358 e. The van der Waals surface area contributed by atoms with Gasteiger partial charge in [0.15, 0.2) is 23.0 Å². The van der Waals surface area contributed by atoms with Crippen LogP contribution in [0.15, 0.2) is 27.6 Å². The summed E-state index contributed by atoms with van der Waals surface area (Å²) in [6.07, 6.45) is 1.91. The molecule has 1 heterocycles. The molecule has 1 aromatic carbocycles. The molecule has 7 heteroatoms. The van der Waals surface area contributed by atoms with Crippen molar-refractivity contribution in [2.45, 2.75) is 4.90 Å². The van der Waals surface area contributed by atoms with Crippen LogP contribution in [0.3, 0.4) is 0 Å². The summed E-state index contributed by atoms with van der Waals surface area (Å²) in [5.74, 6) is 0.397. The number of benzene rings is 1. The third-order valence-electron chi connectivity index (χ3n) is 2.68. The molecule has 2 aromatic rings. The fraction of sp³-hybridized carbons (Fsp3) is 0.231. The van der Waals surface area contributed by atoms with Gasteiger partial charge in [-0.3, -0.25) is 0 Å². The predicted molar refractivity (Wildman–Crippen MR) is 73.8 cm³/mol. The highest BCUT2D eigenvalue weighted by molar-refractivity contribution is 7.98. The SMILES string of the molecule is COc1cc(-c2cc(C(=O)O)no2)cc(SC)c1OC. The zero-order chi connectivity index (χ0) is 14.7. The summed E-state index contributed by atoms with van der Waals surface area (Å²) in [5, 5.41) is 12.3. The van der Waals surface area contributed by atoms with Gasteiger partial charge >= 0.3 is 5.97 Å². The third kappa shape index (κ3) is 2.57. The van der Waals surface area contributed by atoms with Crippen LogP contribution in [0.1, 0.15) is 10.5 Å². The van der Waals surface area contributed by atoms with Gasteiger partial charge in [-0.25, -0.2) is 4.79 Å². The average molecular weight is 295 g/mol. The zero-order valence-electron chi connectivity index (χ0n) is 11.2. The Balaban J connectivity index is 2.53. The molecule has 6 nitrogen and oxygen atoms in total. The van der Waals surface area contributed by atoms with Gasteiger partial charge in [0, 0.05) is 11.6 Å². The van der Waals surface area contributed by atoms with E-state index in [0.717, 1.165) is 4.90 Å². The molecule has 0 amide bonds. The number of hydrogen-bond acceptors (Lipinski definition) is 6. The first kappa shape index (κ1) is 14.3. The Morgan fingerprint density at radius 3 is 2.55 bits per heavy atom. The summed E-state index contributed by atoms with van der Waals surface area (Å²) in [6.45, 7) is 0. The summed E-state index contributed by atoms with van der Waals surface area (Å²) in [6, 6.07) is 4.91. The number of aromatic carboxylic acids is 1. The average Bonchev–Trinajstić information content (AvgIpc) is 2.95. The Morgan fingerprint density at radius 2 is 2.05 bits per heavy atom. The zero-order valence-corrected chi connectivity index (χ0v) is 12.0. The number of carboxylic acids is 1. The molecular formula is C13H13NO5S. The van der Waals surface area contributed by atoms with E-state index in [9.17, 15) is 4.79 Å². The van der Waals surface area contributed by atoms with Gasteiger partial charge < -0.3 is 19.1 Å². The van der Waals surface area contributed by atoms with E-state index in [2.05, 4.69) is 5.16 Å². The second-order valence-corrected chi connectivity index (χ2v) is 4.64. The van der Waals surface area contributed by atoms with Crippen LogP contribution in [0, 0.1) is 0 Å². The summed E-state index contributed by atoms with van der Waals surface area (Å²) in [4.78, 5) is 11.7. The Hall–Kier alpha value is -2.15. The lowest BCUT2D eigenvalue weighted by molar-refractivity contribution is 0.0686. The van der Waals surface area contributed by atoms with Crippen molar-refractivity contribution in [2.24, 2.45) is 0 Å². The van der Waals surface area contributed by atoms with E-state index in [1.165, 1.54) is 24.9 Å². The van der Waals surface area contributed by atoms with Crippen molar-refractivity contribution >= 4 is 17.7 Å². The fourth-order valence-electron chi connectivity index (χ4n) is 1.74. The normalized spacial score (nSPS) is 10.3. The first-order chi connectivity index (χ1) is 9.60. The molecule has 0 fully saturated rings. The standard InChI is InChI=1S/C13H13NO5S/c1-17-10-4-7(5-11(20-3)12(10)18-2)9-6-8(13(15)16)14-19-9/h4-6H,1-3H3,(H,15,16). The van der Waals surface area contributed by atoms with Crippen molar-refractivity contribution in [3.8, 4) is 22.8 Å². The monoisotopic (exact) mass is 295 g/mol. The minimum absolute atomic E-state index is 0.138. The molecule has 0 saturated carbocycles. The first-order valence-electron chi connectivity index (χ1n) is 5.61. The summed E-state index contributed by atoms with van der Waals surface area (Å²) in [7, 11) is 3.10. The van der Waals surface area contributed by atoms with Crippen LogP contribution in [-0.4, -0.2) is 36.7 Å². The molecule has 0 aliphatic rings. The quantitative estimate of drug-likeness (QED) is 0.849. The van der Waals surface area contributed by atoms with E-state index in [1.807, 2.05) is 12.3 Å². The van der Waals surface area contributed by atoms with Gasteiger partial charge in [0.25, 0.3) is 0 Å². The van der Waals surface area contributed by atoms with Crippen molar-refractivity contribution < 1.29 is 23.9 Å². The lowest BCUT2D eigenvalue weighted by atomic mass is 10.1. The van der Waals surface area contributed by atoms with E-state index in [0.29, 0.717) is 22.8 Å². The van der Waals surface area contributed by atoms with Crippen LogP contribution in [0.4, 0.5) is 0 Å². The van der Waals surface area contributed by atoms with E-state index in [1.54, 1.807) is 13.2 Å². The lowest BCUT2D eigenvalue weighted by Crippen LogP contribution is -1.94. The number of aromatic nitrogens is 1. The predicted octanol–water partition coefficient (Wildman–Crippen LogP) is 2.78. The molecule has 0 saturated heterocycles. The number of carboxylic acid groups (broad SMARTS) is 1. The Bertz CT molecular complexity index is 612. The maximum absolute atomic E-state index is 10.8. The van der Waals surface area contributed by atoms with E-state index in [4.69, 9.17) is 19.1 Å². The summed E-state index contributed by atoms with van der Waals surface area (Å²) in [5.41, 5.74) is 0.535. The maximum atomic E-state index is 10.8. The van der Waals surface area contributed by atoms with Crippen LogP contribution in [0.2, 0.25) is 0 Å². The molecule has 20 heavy (non-hydrogen) atoms. The van der Waals surface area contributed by atoms with Gasteiger partial charge in [0.1, 0.15) is 0 Å². The van der Waals surface area contributed by atoms with Gasteiger partial charge in [-0.2, -0.15) is 0 Å². The van der Waals surface area contributed by atoms with Crippen LogP contribution < -0.4 is 9.47 Å². The minimum atomic E-state index is -1.13. The van der Waals surface area contributed by atoms with Crippen molar-refractivity contribution in [1.29, 1.82) is 0 Å². The number of hydrogen-bond donors (Lipinski definition) is 1. The van der Waals surface area contributed by atoms with Gasteiger partial charge in [0.2, 0.25) is 0 Å². The molecule has 1 N–H and O–H groups in total. The van der Waals surface area contributed by atoms with Gasteiger partial charge in [-0.05, 0) is 18.4 Å². The van der Waals surface area contributed by atoms with Crippen molar-refractivity contribution in [2.75, 3.05) is 20.5 Å². The molecule has 0 atom stereocenters. The molecular weight excluding hydrogens is 282 g/mol. The fourth-order valence-corrected chi connectivity index (χ4v) is 2.35. The highest BCUT2D eigenvalue weighted by Gasteiger charge is 2.17. The van der Waals surface area contributed by atoms with Crippen molar-refractivity contribution in [1.82, 2.24) is 5.16 Å². The smallest absolute Gasteiger partial charge is 0.358 e. The highest BCUT2D eigenvalue weighted by Crippen LogP contribution is 2.40. The molecule has 0 bridgehead atoms. The number of thioether (sulfide) groups is 1. The van der Waals surface area contributed by atoms with Crippen LogP contribution >= 0.6 is 11.8 Å². The van der Waals surface area contributed by atoms with Gasteiger partial charge in [0.05, 0.1) is 19.1 Å². The minimum Gasteiger partial charge on any atom is -0.493 e. The third-order valence-corrected chi connectivity index (χ3v) is 3.42. The molecule has 0 radical (unpaired) electrons.